The predicted molar refractivity (Wildman–Crippen MR) is 57.0 cm³/mol. The molecule has 0 aromatic heterocycles. The lowest BCUT2D eigenvalue weighted by molar-refractivity contribution is -0.138. The minimum Gasteiger partial charge on any atom is -0.493 e. The van der Waals surface area contributed by atoms with Gasteiger partial charge in [0.2, 0.25) is 0 Å². The van der Waals surface area contributed by atoms with Crippen molar-refractivity contribution in [2.24, 2.45) is 0 Å². The number of Topliss-reactive ketones (excluding diaryl/α,β-unsaturated/α-hetero) is 1. The number of carbonyl (C=O) groups excluding carboxylic acids is 1. The molecule has 0 atom stereocenters. The van der Waals surface area contributed by atoms with E-state index >= 15 is 0 Å². The fourth-order valence-corrected chi connectivity index (χ4v) is 1.41. The van der Waals surface area contributed by atoms with Crippen LogP contribution in [0.3, 0.4) is 0 Å². The Morgan fingerprint density at radius 2 is 2.00 bits per heavy atom. The summed E-state index contributed by atoms with van der Waals surface area (Å²) < 4.78 is 43.0. The molecular weight excluding hydrogens is 235 g/mol. The molecule has 0 bridgehead atoms. The van der Waals surface area contributed by atoms with Gasteiger partial charge in [0.25, 0.3) is 0 Å². The Hall–Kier alpha value is -1.72. The summed E-state index contributed by atoms with van der Waals surface area (Å²) in [7, 11) is 0. The van der Waals surface area contributed by atoms with E-state index < -0.39 is 23.2 Å². The number of anilines is 1. The first-order chi connectivity index (χ1) is 7.77. The first kappa shape index (κ1) is 13.3. The SMILES string of the molecule is CCOc1cc(C(C)=O)cc(N)c1C(F)(F)F. The molecule has 0 saturated carbocycles. The van der Waals surface area contributed by atoms with Crippen LogP contribution in [0.4, 0.5) is 18.9 Å². The highest BCUT2D eigenvalue weighted by Gasteiger charge is 2.37. The van der Waals surface area contributed by atoms with E-state index in [4.69, 9.17) is 10.5 Å². The summed E-state index contributed by atoms with van der Waals surface area (Å²) in [6.45, 7) is 2.86. The van der Waals surface area contributed by atoms with Gasteiger partial charge in [0.15, 0.2) is 5.78 Å². The van der Waals surface area contributed by atoms with E-state index in [1.54, 1.807) is 6.92 Å². The average molecular weight is 247 g/mol. The fraction of sp³-hybridized carbons (Fsp3) is 0.364. The first-order valence-corrected chi connectivity index (χ1v) is 4.91. The second kappa shape index (κ2) is 4.65. The Morgan fingerprint density at radius 1 is 1.41 bits per heavy atom. The lowest BCUT2D eigenvalue weighted by Gasteiger charge is -2.16. The van der Waals surface area contributed by atoms with Crippen LogP contribution >= 0.6 is 0 Å². The third-order valence-electron chi connectivity index (χ3n) is 2.12. The molecule has 17 heavy (non-hydrogen) atoms. The molecule has 0 saturated heterocycles. The molecular formula is C11H12F3NO2. The molecule has 1 rings (SSSR count). The van der Waals surface area contributed by atoms with Crippen molar-refractivity contribution < 1.29 is 22.7 Å². The number of ketones is 1. The number of ether oxygens (including phenoxy) is 1. The van der Waals surface area contributed by atoms with Crippen molar-refractivity contribution in [1.29, 1.82) is 0 Å². The Morgan fingerprint density at radius 3 is 2.41 bits per heavy atom. The second-order valence-corrected chi connectivity index (χ2v) is 3.43. The topological polar surface area (TPSA) is 52.3 Å². The van der Waals surface area contributed by atoms with E-state index in [0.29, 0.717) is 0 Å². The van der Waals surface area contributed by atoms with Crippen LogP contribution in [0.5, 0.6) is 5.75 Å². The molecule has 0 radical (unpaired) electrons. The number of halogens is 3. The van der Waals surface area contributed by atoms with Crippen LogP contribution in [-0.4, -0.2) is 12.4 Å². The second-order valence-electron chi connectivity index (χ2n) is 3.43. The zero-order valence-corrected chi connectivity index (χ0v) is 9.39. The maximum absolute atomic E-state index is 12.7. The van der Waals surface area contributed by atoms with Gasteiger partial charge in [0.05, 0.1) is 6.61 Å². The van der Waals surface area contributed by atoms with Gasteiger partial charge in [-0.15, -0.1) is 0 Å². The van der Waals surface area contributed by atoms with E-state index in [-0.39, 0.29) is 18.0 Å². The molecule has 0 aliphatic heterocycles. The number of nitrogen functional groups attached to an aromatic ring is 1. The Balaban J connectivity index is 3.43. The lowest BCUT2D eigenvalue weighted by Crippen LogP contribution is -2.13. The number of benzene rings is 1. The number of hydrogen-bond acceptors (Lipinski definition) is 3. The van der Waals surface area contributed by atoms with Crippen LogP contribution in [0.25, 0.3) is 0 Å². The Labute approximate surface area is 96.4 Å². The third-order valence-corrected chi connectivity index (χ3v) is 2.12. The molecule has 3 nitrogen and oxygen atoms in total. The summed E-state index contributed by atoms with van der Waals surface area (Å²) in [5.41, 5.74) is 3.88. The van der Waals surface area contributed by atoms with E-state index in [1.165, 1.54) is 6.92 Å². The zero-order valence-electron chi connectivity index (χ0n) is 9.39. The van der Waals surface area contributed by atoms with Crippen LogP contribution in [-0.2, 0) is 6.18 Å². The number of nitrogens with two attached hydrogens (primary N) is 1. The van der Waals surface area contributed by atoms with Crippen LogP contribution < -0.4 is 10.5 Å². The molecule has 2 N–H and O–H groups in total. The van der Waals surface area contributed by atoms with Gasteiger partial charge in [-0.3, -0.25) is 4.79 Å². The minimum atomic E-state index is -4.61. The van der Waals surface area contributed by atoms with Gasteiger partial charge in [-0.1, -0.05) is 0 Å². The molecule has 1 aromatic carbocycles. The highest BCUT2D eigenvalue weighted by atomic mass is 19.4. The molecule has 0 spiro atoms. The van der Waals surface area contributed by atoms with Gasteiger partial charge in [0.1, 0.15) is 11.3 Å². The van der Waals surface area contributed by atoms with Crippen molar-refractivity contribution in [2.75, 3.05) is 12.3 Å². The number of carbonyl (C=O) groups is 1. The van der Waals surface area contributed by atoms with Crippen molar-refractivity contribution in [3.05, 3.63) is 23.3 Å². The van der Waals surface area contributed by atoms with E-state index in [2.05, 4.69) is 0 Å². The summed E-state index contributed by atoms with van der Waals surface area (Å²) >= 11 is 0. The largest absolute Gasteiger partial charge is 0.493 e. The van der Waals surface area contributed by atoms with E-state index in [9.17, 15) is 18.0 Å². The summed E-state index contributed by atoms with van der Waals surface area (Å²) in [4.78, 5) is 11.1. The van der Waals surface area contributed by atoms with Crippen molar-refractivity contribution in [3.8, 4) is 5.75 Å². The van der Waals surface area contributed by atoms with E-state index in [1.807, 2.05) is 0 Å². The standard InChI is InChI=1S/C11H12F3NO2/c1-3-17-9-5-7(6(2)16)4-8(15)10(9)11(12,13)14/h4-5H,3,15H2,1-2H3. The zero-order chi connectivity index (χ0) is 13.2. The van der Waals surface area contributed by atoms with Crippen LogP contribution in [0.15, 0.2) is 12.1 Å². The number of hydrogen-bond donors (Lipinski definition) is 1. The third kappa shape index (κ3) is 2.89. The highest BCUT2D eigenvalue weighted by molar-refractivity contribution is 5.95. The molecule has 0 unspecified atom stereocenters. The van der Waals surface area contributed by atoms with Crippen LogP contribution in [0.1, 0.15) is 29.8 Å². The quantitative estimate of drug-likeness (QED) is 0.660. The van der Waals surface area contributed by atoms with Gasteiger partial charge >= 0.3 is 6.18 Å². The monoisotopic (exact) mass is 247 g/mol. The van der Waals surface area contributed by atoms with Crippen molar-refractivity contribution in [1.82, 2.24) is 0 Å². The van der Waals surface area contributed by atoms with E-state index in [0.717, 1.165) is 12.1 Å². The Bertz CT molecular complexity index is 441. The van der Waals surface area contributed by atoms with Crippen LogP contribution in [0.2, 0.25) is 0 Å². The number of alkyl halides is 3. The molecule has 94 valence electrons. The van der Waals surface area contributed by atoms with Crippen LogP contribution in [0, 0.1) is 0 Å². The molecule has 6 heteroatoms. The summed E-state index contributed by atoms with van der Waals surface area (Å²) in [5.74, 6) is -0.781. The molecule has 0 heterocycles. The fourth-order valence-electron chi connectivity index (χ4n) is 1.41. The van der Waals surface area contributed by atoms with Gasteiger partial charge < -0.3 is 10.5 Å². The summed E-state index contributed by atoms with van der Waals surface area (Å²) in [6.07, 6.45) is -4.61. The molecule has 0 aliphatic rings. The predicted octanol–water partition coefficient (Wildman–Crippen LogP) is 2.89. The molecule has 0 amide bonds. The Kier molecular flexibility index (Phi) is 3.65. The highest BCUT2D eigenvalue weighted by Crippen LogP contribution is 2.41. The normalized spacial score (nSPS) is 11.4. The van der Waals surface area contributed by atoms with Gasteiger partial charge in [0, 0.05) is 11.3 Å². The maximum atomic E-state index is 12.7. The summed E-state index contributed by atoms with van der Waals surface area (Å²) in [6, 6.07) is 2.07. The average Bonchev–Trinajstić information content (AvgIpc) is 2.14. The van der Waals surface area contributed by atoms with Crippen molar-refractivity contribution in [3.63, 3.8) is 0 Å². The molecule has 0 fully saturated rings. The van der Waals surface area contributed by atoms with Crippen molar-refractivity contribution in [2.45, 2.75) is 20.0 Å². The van der Waals surface area contributed by atoms with Gasteiger partial charge in [-0.25, -0.2) is 0 Å². The van der Waals surface area contributed by atoms with Gasteiger partial charge in [-0.2, -0.15) is 13.2 Å². The molecule has 1 aromatic rings. The smallest absolute Gasteiger partial charge is 0.421 e. The summed E-state index contributed by atoms with van der Waals surface area (Å²) in [5, 5.41) is 0. The lowest BCUT2D eigenvalue weighted by atomic mass is 10.0. The number of rotatable bonds is 3. The van der Waals surface area contributed by atoms with Gasteiger partial charge in [-0.05, 0) is 26.0 Å². The molecule has 0 aliphatic carbocycles. The van der Waals surface area contributed by atoms with Crippen molar-refractivity contribution >= 4 is 11.5 Å². The maximum Gasteiger partial charge on any atom is 0.421 e. The minimum absolute atomic E-state index is 0.0594. The first-order valence-electron chi connectivity index (χ1n) is 4.91.